The summed E-state index contributed by atoms with van der Waals surface area (Å²) in [5.74, 6) is 0. The molecule has 0 saturated carbocycles. The Balaban J connectivity index is 2.41. The number of aliphatic hydroxyl groups is 1. The van der Waals surface area contributed by atoms with Crippen LogP contribution in [0.5, 0.6) is 0 Å². The van der Waals surface area contributed by atoms with Crippen molar-refractivity contribution in [1.82, 2.24) is 10.2 Å². The molecule has 0 aliphatic heterocycles. The number of nitrogens with one attached hydrogen (secondary N) is 1. The molecule has 15 heavy (non-hydrogen) atoms. The van der Waals surface area contributed by atoms with Crippen molar-refractivity contribution >= 4 is 0 Å². The maximum atomic E-state index is 10.2. The highest BCUT2D eigenvalue weighted by molar-refractivity contribution is 5.34. The number of aromatic nitrogens is 2. The molecule has 2 N–H and O–H groups in total. The first-order valence-electron chi connectivity index (χ1n) is 4.94. The fraction of sp³-hybridized carbons (Fsp3) is 0.250. The molecule has 1 atom stereocenters. The maximum Gasteiger partial charge on any atom is 0.108 e. The van der Waals surface area contributed by atoms with Gasteiger partial charge in [-0.05, 0) is 19.4 Å². The van der Waals surface area contributed by atoms with Gasteiger partial charge < -0.3 is 5.11 Å². The molecule has 78 valence electrons. The topological polar surface area (TPSA) is 48.9 Å². The van der Waals surface area contributed by atoms with Gasteiger partial charge in [-0.2, -0.15) is 5.10 Å². The molecule has 0 spiro atoms. The Labute approximate surface area is 88.8 Å². The lowest BCUT2D eigenvalue weighted by atomic mass is 10.0. The summed E-state index contributed by atoms with van der Waals surface area (Å²) >= 11 is 0. The second-order valence-corrected chi connectivity index (χ2v) is 3.66. The number of benzene rings is 1. The summed E-state index contributed by atoms with van der Waals surface area (Å²) in [5, 5.41) is 17.1. The van der Waals surface area contributed by atoms with Crippen molar-refractivity contribution in [2.75, 3.05) is 0 Å². The van der Waals surface area contributed by atoms with Crippen LogP contribution in [0, 0.1) is 13.8 Å². The van der Waals surface area contributed by atoms with Gasteiger partial charge in [0, 0.05) is 11.3 Å². The standard InChI is InChI=1S/C12H14N2O/c1-8-11(9(2)14-13-8)12(15)10-6-4-3-5-7-10/h3-7,12,15H,1-2H3,(H,13,14). The third kappa shape index (κ3) is 1.78. The van der Waals surface area contributed by atoms with Gasteiger partial charge in [-0.3, -0.25) is 5.10 Å². The van der Waals surface area contributed by atoms with E-state index in [1.165, 1.54) is 0 Å². The van der Waals surface area contributed by atoms with Crippen LogP contribution in [0.25, 0.3) is 0 Å². The van der Waals surface area contributed by atoms with Crippen molar-refractivity contribution in [3.63, 3.8) is 0 Å². The summed E-state index contributed by atoms with van der Waals surface area (Å²) in [5.41, 5.74) is 3.54. The molecule has 0 amide bonds. The molecule has 0 aliphatic carbocycles. The highest BCUT2D eigenvalue weighted by Gasteiger charge is 2.17. The first kappa shape index (κ1) is 9.93. The van der Waals surface area contributed by atoms with E-state index in [9.17, 15) is 5.11 Å². The molecule has 0 radical (unpaired) electrons. The molecule has 0 aliphatic rings. The van der Waals surface area contributed by atoms with Crippen molar-refractivity contribution in [2.24, 2.45) is 0 Å². The Hall–Kier alpha value is -1.61. The van der Waals surface area contributed by atoms with E-state index in [2.05, 4.69) is 10.2 Å². The van der Waals surface area contributed by atoms with E-state index in [1.54, 1.807) is 0 Å². The molecular formula is C12H14N2O. The molecule has 2 rings (SSSR count). The summed E-state index contributed by atoms with van der Waals surface area (Å²) in [6.07, 6.45) is -0.593. The Kier molecular flexibility index (Phi) is 2.56. The minimum atomic E-state index is -0.593. The number of aromatic amines is 1. The molecule has 1 heterocycles. The monoisotopic (exact) mass is 202 g/mol. The smallest absolute Gasteiger partial charge is 0.108 e. The SMILES string of the molecule is Cc1n[nH]c(C)c1C(O)c1ccccc1. The number of aliphatic hydroxyl groups excluding tert-OH is 1. The zero-order chi connectivity index (χ0) is 10.8. The van der Waals surface area contributed by atoms with Crippen LogP contribution in [-0.2, 0) is 0 Å². The van der Waals surface area contributed by atoms with Gasteiger partial charge in [-0.15, -0.1) is 0 Å². The molecule has 1 aromatic carbocycles. The fourth-order valence-electron chi connectivity index (χ4n) is 1.76. The number of hydrogen-bond acceptors (Lipinski definition) is 2. The number of nitrogens with zero attached hydrogens (tertiary/aromatic N) is 1. The third-order valence-corrected chi connectivity index (χ3v) is 2.57. The lowest BCUT2D eigenvalue weighted by Crippen LogP contribution is -2.01. The van der Waals surface area contributed by atoms with Crippen molar-refractivity contribution in [3.05, 3.63) is 52.8 Å². The fourth-order valence-corrected chi connectivity index (χ4v) is 1.76. The summed E-state index contributed by atoms with van der Waals surface area (Å²) < 4.78 is 0. The van der Waals surface area contributed by atoms with Gasteiger partial charge in [0.25, 0.3) is 0 Å². The predicted octanol–water partition coefficient (Wildman–Crippen LogP) is 2.11. The zero-order valence-electron chi connectivity index (χ0n) is 8.86. The van der Waals surface area contributed by atoms with Crippen LogP contribution in [0.4, 0.5) is 0 Å². The van der Waals surface area contributed by atoms with Gasteiger partial charge in [0.05, 0.1) is 5.69 Å². The van der Waals surface area contributed by atoms with Gasteiger partial charge in [-0.25, -0.2) is 0 Å². The van der Waals surface area contributed by atoms with Crippen LogP contribution in [0.3, 0.4) is 0 Å². The molecule has 3 nitrogen and oxygen atoms in total. The summed E-state index contributed by atoms with van der Waals surface area (Å²) in [6.45, 7) is 3.81. The van der Waals surface area contributed by atoms with Crippen molar-refractivity contribution in [1.29, 1.82) is 0 Å². The lowest BCUT2D eigenvalue weighted by molar-refractivity contribution is 0.219. The Morgan fingerprint density at radius 3 is 2.40 bits per heavy atom. The van der Waals surface area contributed by atoms with Crippen LogP contribution in [0.1, 0.15) is 28.6 Å². The van der Waals surface area contributed by atoms with E-state index < -0.39 is 6.10 Å². The molecule has 0 bridgehead atoms. The van der Waals surface area contributed by atoms with E-state index in [1.807, 2.05) is 44.2 Å². The van der Waals surface area contributed by atoms with Gasteiger partial charge in [0.2, 0.25) is 0 Å². The third-order valence-electron chi connectivity index (χ3n) is 2.57. The van der Waals surface area contributed by atoms with Crippen molar-refractivity contribution < 1.29 is 5.11 Å². The van der Waals surface area contributed by atoms with Crippen molar-refractivity contribution in [2.45, 2.75) is 20.0 Å². The lowest BCUT2D eigenvalue weighted by Gasteiger charge is -2.11. The van der Waals surface area contributed by atoms with E-state index in [4.69, 9.17) is 0 Å². The normalized spacial score (nSPS) is 12.7. The molecule has 0 saturated heterocycles. The molecular weight excluding hydrogens is 188 g/mol. The van der Waals surface area contributed by atoms with Crippen LogP contribution >= 0.6 is 0 Å². The number of aryl methyl sites for hydroxylation is 2. The van der Waals surface area contributed by atoms with E-state index in [0.29, 0.717) is 0 Å². The second kappa shape index (κ2) is 3.87. The highest BCUT2D eigenvalue weighted by Crippen LogP contribution is 2.25. The molecule has 3 heteroatoms. The van der Waals surface area contributed by atoms with Crippen LogP contribution in [0.2, 0.25) is 0 Å². The number of rotatable bonds is 2. The quantitative estimate of drug-likeness (QED) is 0.783. The van der Waals surface area contributed by atoms with Gasteiger partial charge in [-0.1, -0.05) is 30.3 Å². The predicted molar refractivity (Wildman–Crippen MR) is 58.6 cm³/mol. The average Bonchev–Trinajstić information content (AvgIpc) is 2.59. The van der Waals surface area contributed by atoms with Crippen LogP contribution < -0.4 is 0 Å². The first-order valence-corrected chi connectivity index (χ1v) is 4.94. The maximum absolute atomic E-state index is 10.2. The van der Waals surface area contributed by atoms with Crippen molar-refractivity contribution in [3.8, 4) is 0 Å². The van der Waals surface area contributed by atoms with Gasteiger partial charge >= 0.3 is 0 Å². The van der Waals surface area contributed by atoms with E-state index in [0.717, 1.165) is 22.5 Å². The second-order valence-electron chi connectivity index (χ2n) is 3.66. The van der Waals surface area contributed by atoms with Crippen LogP contribution in [0.15, 0.2) is 30.3 Å². The first-order chi connectivity index (χ1) is 7.20. The van der Waals surface area contributed by atoms with Gasteiger partial charge in [0.15, 0.2) is 0 Å². The number of H-pyrrole nitrogens is 1. The zero-order valence-corrected chi connectivity index (χ0v) is 8.86. The molecule has 2 aromatic rings. The Bertz CT molecular complexity index is 428. The van der Waals surface area contributed by atoms with E-state index in [-0.39, 0.29) is 0 Å². The minimum absolute atomic E-state index is 0.593. The highest BCUT2D eigenvalue weighted by atomic mass is 16.3. The molecule has 1 unspecified atom stereocenters. The summed E-state index contributed by atoms with van der Waals surface area (Å²) in [6, 6.07) is 9.60. The summed E-state index contributed by atoms with van der Waals surface area (Å²) in [4.78, 5) is 0. The largest absolute Gasteiger partial charge is 0.384 e. The Morgan fingerprint density at radius 1 is 1.20 bits per heavy atom. The number of hydrogen-bond donors (Lipinski definition) is 2. The molecule has 0 fully saturated rings. The van der Waals surface area contributed by atoms with Crippen LogP contribution in [-0.4, -0.2) is 15.3 Å². The van der Waals surface area contributed by atoms with E-state index >= 15 is 0 Å². The minimum Gasteiger partial charge on any atom is -0.384 e. The molecule has 1 aromatic heterocycles. The van der Waals surface area contributed by atoms with Gasteiger partial charge in [0.1, 0.15) is 6.10 Å². The Morgan fingerprint density at radius 2 is 1.87 bits per heavy atom. The average molecular weight is 202 g/mol. The summed E-state index contributed by atoms with van der Waals surface area (Å²) in [7, 11) is 0.